The molecule has 11 heteroatoms. The average molecular weight is 311 g/mol. The van der Waals surface area contributed by atoms with Crippen LogP contribution in [-0.4, -0.2) is 55.3 Å². The highest BCUT2D eigenvalue weighted by Gasteiger charge is 2.27. The normalized spacial score (nSPS) is 14.2. The van der Waals surface area contributed by atoms with E-state index in [4.69, 9.17) is 5.11 Å². The molecule has 1 aromatic rings. The fourth-order valence-corrected chi connectivity index (χ4v) is 4.47. The molecule has 1 rings (SSSR count). The molecule has 0 amide bonds. The highest BCUT2D eigenvalue weighted by atomic mass is 32.3. The minimum Gasteiger partial charge on any atom is -0.480 e. The molecule has 0 spiro atoms. The number of imidazole rings is 1. The fourth-order valence-electron chi connectivity index (χ4n) is 1.33. The molecule has 0 aliphatic rings. The number of sulfonamides is 1. The maximum atomic E-state index is 11.5. The average Bonchev–Trinajstić information content (AvgIpc) is 2.64. The third-order valence-corrected chi connectivity index (χ3v) is 5.57. The molecule has 9 nitrogen and oxygen atoms in total. The Bertz CT molecular complexity index is 634. The first kappa shape index (κ1) is 15.6. The summed E-state index contributed by atoms with van der Waals surface area (Å²) in [6.45, 7) is 0. The predicted octanol–water partition coefficient (Wildman–Crippen LogP) is -1.67. The molecule has 0 bridgehead atoms. The second-order valence-corrected chi connectivity index (χ2v) is 8.21. The van der Waals surface area contributed by atoms with Crippen molar-refractivity contribution in [3.8, 4) is 0 Å². The maximum absolute atomic E-state index is 11.5. The lowest BCUT2D eigenvalue weighted by Crippen LogP contribution is -2.44. The van der Waals surface area contributed by atoms with Gasteiger partial charge in [0.25, 0.3) is 0 Å². The number of nitrogens with one attached hydrogen (secondary N) is 2. The molecule has 0 radical (unpaired) electrons. The van der Waals surface area contributed by atoms with Crippen molar-refractivity contribution in [1.29, 1.82) is 0 Å². The summed E-state index contributed by atoms with van der Waals surface area (Å²) in [7, 11) is -8.02. The van der Waals surface area contributed by atoms with Crippen LogP contribution in [0.15, 0.2) is 12.5 Å². The van der Waals surface area contributed by atoms with Crippen LogP contribution in [0.3, 0.4) is 0 Å². The Morgan fingerprint density at radius 3 is 2.53 bits per heavy atom. The summed E-state index contributed by atoms with van der Waals surface area (Å²) < 4.78 is 46.7. The third-order valence-electron chi connectivity index (χ3n) is 1.97. The van der Waals surface area contributed by atoms with Gasteiger partial charge in [-0.05, 0) is 0 Å². The van der Waals surface area contributed by atoms with E-state index in [1.54, 1.807) is 0 Å². The summed E-state index contributed by atoms with van der Waals surface area (Å²) in [5.41, 5.74) is 0.412. The van der Waals surface area contributed by atoms with E-state index in [2.05, 4.69) is 9.97 Å². The number of carbonyl (C=O) groups is 1. The zero-order chi connectivity index (χ0) is 14.7. The van der Waals surface area contributed by atoms with Gasteiger partial charge in [0.05, 0.1) is 6.33 Å². The Hall–Kier alpha value is -1.46. The number of aliphatic carboxylic acids is 1. The Balaban J connectivity index is 2.82. The number of sulfone groups is 1. The Morgan fingerprint density at radius 1 is 1.47 bits per heavy atom. The fraction of sp³-hybridized carbons (Fsp3) is 0.500. The van der Waals surface area contributed by atoms with Crippen molar-refractivity contribution in [2.45, 2.75) is 12.5 Å². The Morgan fingerprint density at radius 2 is 2.11 bits per heavy atom. The SMILES string of the molecule is CS(=O)(=O)CS(=O)(=O)N[C@H](Cc1cnc[nH]1)C(=O)O. The van der Waals surface area contributed by atoms with Gasteiger partial charge in [-0.25, -0.2) is 21.8 Å². The van der Waals surface area contributed by atoms with Crippen molar-refractivity contribution in [3.63, 3.8) is 0 Å². The molecule has 0 unspecified atom stereocenters. The van der Waals surface area contributed by atoms with Crippen LogP contribution in [0.4, 0.5) is 0 Å². The summed E-state index contributed by atoms with van der Waals surface area (Å²) in [5.74, 6) is -1.41. The van der Waals surface area contributed by atoms with E-state index in [9.17, 15) is 21.6 Å². The van der Waals surface area contributed by atoms with E-state index < -0.39 is 37.0 Å². The number of H-pyrrole nitrogens is 1. The number of rotatable bonds is 7. The van der Waals surface area contributed by atoms with Gasteiger partial charge in [0.2, 0.25) is 10.0 Å². The van der Waals surface area contributed by atoms with E-state index in [1.807, 2.05) is 4.72 Å². The number of carboxylic acids is 1. The van der Waals surface area contributed by atoms with Crippen LogP contribution in [0.5, 0.6) is 0 Å². The second-order valence-electron chi connectivity index (χ2n) is 3.95. The van der Waals surface area contributed by atoms with E-state index >= 15 is 0 Å². The standard InChI is InChI=1S/C8H13N3O6S2/c1-18(14,15)5-19(16,17)11-7(8(12)13)2-6-3-9-4-10-6/h3-4,7,11H,2,5H2,1H3,(H,9,10)(H,12,13)/t7-/m1/s1. The van der Waals surface area contributed by atoms with Crippen LogP contribution in [-0.2, 0) is 31.1 Å². The summed E-state index contributed by atoms with van der Waals surface area (Å²) in [6.07, 6.45) is 3.25. The van der Waals surface area contributed by atoms with Gasteiger partial charge in [0, 0.05) is 24.6 Å². The van der Waals surface area contributed by atoms with Crippen LogP contribution < -0.4 is 4.72 Å². The number of aromatic nitrogens is 2. The van der Waals surface area contributed by atoms with E-state index in [0.29, 0.717) is 5.69 Å². The summed E-state index contributed by atoms with van der Waals surface area (Å²) in [5, 5.41) is 7.76. The Labute approximate surface area is 110 Å². The van der Waals surface area contributed by atoms with Crippen molar-refractivity contribution in [3.05, 3.63) is 18.2 Å². The predicted molar refractivity (Wildman–Crippen MR) is 65.5 cm³/mol. The molecule has 1 heterocycles. The molecule has 3 N–H and O–H groups in total. The zero-order valence-electron chi connectivity index (χ0n) is 9.90. The van der Waals surface area contributed by atoms with Gasteiger partial charge < -0.3 is 10.1 Å². The second kappa shape index (κ2) is 5.67. The van der Waals surface area contributed by atoms with Crippen molar-refractivity contribution in [1.82, 2.24) is 14.7 Å². The van der Waals surface area contributed by atoms with Gasteiger partial charge in [-0.1, -0.05) is 0 Å². The van der Waals surface area contributed by atoms with Gasteiger partial charge in [0.15, 0.2) is 14.9 Å². The van der Waals surface area contributed by atoms with Gasteiger partial charge in [-0.2, -0.15) is 4.72 Å². The minimum atomic E-state index is -4.24. The molecule has 0 saturated heterocycles. The van der Waals surface area contributed by atoms with Crippen LogP contribution in [0, 0.1) is 0 Å². The van der Waals surface area contributed by atoms with Gasteiger partial charge >= 0.3 is 5.97 Å². The van der Waals surface area contributed by atoms with Gasteiger partial charge in [-0.15, -0.1) is 0 Å². The van der Waals surface area contributed by atoms with E-state index in [1.165, 1.54) is 12.5 Å². The molecular formula is C8H13N3O6S2. The lowest BCUT2D eigenvalue weighted by atomic mass is 10.2. The van der Waals surface area contributed by atoms with Crippen molar-refractivity contribution in [2.24, 2.45) is 0 Å². The highest BCUT2D eigenvalue weighted by Crippen LogP contribution is 2.02. The summed E-state index contributed by atoms with van der Waals surface area (Å²) in [4.78, 5) is 17.3. The molecule has 19 heavy (non-hydrogen) atoms. The summed E-state index contributed by atoms with van der Waals surface area (Å²) >= 11 is 0. The molecule has 0 aliphatic heterocycles. The van der Waals surface area contributed by atoms with Crippen LogP contribution in [0.25, 0.3) is 0 Å². The third kappa shape index (κ3) is 5.81. The maximum Gasteiger partial charge on any atom is 0.322 e. The molecule has 1 atom stereocenters. The number of hydrogen-bond donors (Lipinski definition) is 3. The Kier molecular flexibility index (Phi) is 4.66. The molecule has 0 fully saturated rings. The molecule has 0 aliphatic carbocycles. The number of hydrogen-bond acceptors (Lipinski definition) is 6. The first-order valence-corrected chi connectivity index (χ1v) is 8.68. The quantitative estimate of drug-likeness (QED) is 0.545. The van der Waals surface area contributed by atoms with Gasteiger partial charge in [0.1, 0.15) is 6.04 Å². The number of nitrogens with zero attached hydrogens (tertiary/aromatic N) is 1. The lowest BCUT2D eigenvalue weighted by molar-refractivity contribution is -0.138. The molecule has 0 aromatic carbocycles. The van der Waals surface area contributed by atoms with E-state index in [-0.39, 0.29) is 6.42 Å². The van der Waals surface area contributed by atoms with Crippen molar-refractivity contribution in [2.75, 3.05) is 11.3 Å². The number of aromatic amines is 1. The minimum absolute atomic E-state index is 0.168. The zero-order valence-corrected chi connectivity index (χ0v) is 11.5. The molecule has 0 saturated carbocycles. The van der Waals surface area contributed by atoms with Crippen molar-refractivity contribution >= 4 is 25.8 Å². The highest BCUT2D eigenvalue weighted by molar-refractivity contribution is 8.06. The largest absolute Gasteiger partial charge is 0.480 e. The van der Waals surface area contributed by atoms with Gasteiger partial charge in [-0.3, -0.25) is 4.79 Å². The molecule has 108 valence electrons. The number of carboxylic acid groups (broad SMARTS) is 1. The van der Waals surface area contributed by atoms with Crippen molar-refractivity contribution < 1.29 is 26.7 Å². The lowest BCUT2D eigenvalue weighted by Gasteiger charge is -2.13. The first-order chi connectivity index (χ1) is 8.59. The monoisotopic (exact) mass is 311 g/mol. The van der Waals surface area contributed by atoms with Crippen LogP contribution >= 0.6 is 0 Å². The molecular weight excluding hydrogens is 298 g/mol. The van der Waals surface area contributed by atoms with Crippen LogP contribution in [0.1, 0.15) is 5.69 Å². The molecule has 1 aromatic heterocycles. The van der Waals surface area contributed by atoms with Crippen LogP contribution in [0.2, 0.25) is 0 Å². The topological polar surface area (TPSA) is 146 Å². The first-order valence-electron chi connectivity index (χ1n) is 4.97. The van der Waals surface area contributed by atoms with E-state index in [0.717, 1.165) is 6.26 Å². The smallest absolute Gasteiger partial charge is 0.322 e. The summed E-state index contributed by atoms with van der Waals surface area (Å²) in [6, 6.07) is -1.47.